The van der Waals surface area contributed by atoms with E-state index in [1.807, 2.05) is 31.3 Å². The first kappa shape index (κ1) is 33.5. The number of rotatable bonds is 19. The molecule has 0 amide bonds. The number of anilines is 1. The molecule has 1 aromatic heterocycles. The summed E-state index contributed by atoms with van der Waals surface area (Å²) in [5, 5.41) is 23.0. The molecule has 3 rings (SSSR count). The molecule has 0 aliphatic heterocycles. The third-order valence-electron chi connectivity index (χ3n) is 7.48. The van der Waals surface area contributed by atoms with Crippen LogP contribution in [0.1, 0.15) is 73.3 Å². The maximum absolute atomic E-state index is 12.7. The molecule has 0 bridgehead atoms. The smallest absolute Gasteiger partial charge is 0.186 e. The van der Waals surface area contributed by atoms with Gasteiger partial charge in [-0.2, -0.15) is 0 Å². The number of unbranched alkanes of at least 4 members (excludes halogenated alkanes) is 2. The normalized spacial score (nSPS) is 12.0. The van der Waals surface area contributed by atoms with Gasteiger partial charge in [-0.3, -0.25) is 9.59 Å². The predicted octanol–water partition coefficient (Wildman–Crippen LogP) is 5.42. The van der Waals surface area contributed by atoms with Gasteiger partial charge in [0.1, 0.15) is 11.6 Å². The summed E-state index contributed by atoms with van der Waals surface area (Å²) in [5.74, 6) is 0.659. The molecule has 0 aliphatic carbocycles. The zero-order valence-corrected chi connectivity index (χ0v) is 25.4. The summed E-state index contributed by atoms with van der Waals surface area (Å²) in [5.41, 5.74) is 10.6. The fraction of sp³-hybridized carbons (Fsp3) is 0.400. The highest BCUT2D eigenvalue weighted by molar-refractivity contribution is 6.06. The van der Waals surface area contributed by atoms with E-state index in [-0.39, 0.29) is 29.5 Å². The van der Waals surface area contributed by atoms with Gasteiger partial charge in [-0.05, 0) is 104 Å². The Morgan fingerprint density at radius 2 is 1.84 bits per heavy atom. The Morgan fingerprint density at radius 1 is 1.05 bits per heavy atom. The molecule has 3 aromatic rings. The van der Waals surface area contributed by atoms with Crippen LogP contribution in [0.3, 0.4) is 0 Å². The van der Waals surface area contributed by atoms with Crippen molar-refractivity contribution >= 4 is 23.5 Å². The second-order valence-electron chi connectivity index (χ2n) is 11.1. The summed E-state index contributed by atoms with van der Waals surface area (Å²) in [6.45, 7) is 2.59. The van der Waals surface area contributed by atoms with Crippen molar-refractivity contribution in [2.24, 2.45) is 5.92 Å². The first-order chi connectivity index (χ1) is 20.8. The Kier molecular flexibility index (Phi) is 13.9. The van der Waals surface area contributed by atoms with Gasteiger partial charge in [-0.15, -0.1) is 0 Å². The molecule has 0 spiro atoms. The number of aliphatic hydroxyl groups is 1. The van der Waals surface area contributed by atoms with Crippen LogP contribution in [0.25, 0.3) is 6.08 Å². The first-order valence-electron chi connectivity index (χ1n) is 15.0. The molecule has 8 nitrogen and oxygen atoms in total. The van der Waals surface area contributed by atoms with Crippen LogP contribution in [-0.4, -0.2) is 47.1 Å². The lowest BCUT2D eigenvalue weighted by atomic mass is 9.94. The number of benzene rings is 2. The number of nitrogens with zero attached hydrogens (tertiary/aromatic N) is 1. The molecule has 43 heavy (non-hydrogen) atoms. The fourth-order valence-electron chi connectivity index (χ4n) is 5.15. The van der Waals surface area contributed by atoms with Crippen molar-refractivity contribution in [1.82, 2.24) is 10.3 Å². The molecular weight excluding hydrogens is 542 g/mol. The molecule has 5 N–H and O–H groups in total. The zero-order valence-electron chi connectivity index (χ0n) is 25.4. The summed E-state index contributed by atoms with van der Waals surface area (Å²) in [6, 6.07) is 15.2. The Balaban J connectivity index is 1.69. The van der Waals surface area contributed by atoms with Crippen LogP contribution >= 0.6 is 0 Å². The number of aryl methyl sites for hydroxylation is 2. The maximum Gasteiger partial charge on any atom is 0.186 e. The third-order valence-corrected chi connectivity index (χ3v) is 7.48. The number of hydrogen-bond acceptors (Lipinski definition) is 8. The van der Waals surface area contributed by atoms with Crippen LogP contribution in [0.5, 0.6) is 11.5 Å². The standard InChI is InChI=1S/C35H45N3O5/c1-25(22-37-2)9-5-3-8-12-31(40)21-32(41)16-15-27-19-34(43-24-39)33(42)18-29(27)17-30-23-38-35(36)20-28(30)14-13-26-10-6-4-7-11-26/h4,6-7,10-11,15-16,18-20,23,25,37,39,42H,3,5,8-9,12-14,17,21-22,24H2,1-2H3,(H2,36,38)/b16-15+/t25-/m1/s1. The maximum atomic E-state index is 12.7. The number of phenolic OH excluding ortho intramolecular Hbond substituents is 1. The number of carbonyl (C=O) groups excluding carboxylic acids is 2. The number of Topliss-reactive ketones (excluding diaryl/α,β-unsaturated/α-hetero) is 1. The van der Waals surface area contributed by atoms with Crippen LogP contribution in [0.2, 0.25) is 0 Å². The monoisotopic (exact) mass is 587 g/mol. The summed E-state index contributed by atoms with van der Waals surface area (Å²) < 4.78 is 5.17. The quantitative estimate of drug-likeness (QED) is 0.0632. The lowest BCUT2D eigenvalue weighted by Gasteiger charge is -2.14. The molecule has 0 saturated carbocycles. The van der Waals surface area contributed by atoms with E-state index in [9.17, 15) is 19.8 Å². The Bertz CT molecular complexity index is 1360. The summed E-state index contributed by atoms with van der Waals surface area (Å²) >= 11 is 0. The van der Waals surface area contributed by atoms with Crippen molar-refractivity contribution in [3.63, 3.8) is 0 Å². The number of carbonyl (C=O) groups is 2. The van der Waals surface area contributed by atoms with Crippen molar-refractivity contribution in [3.05, 3.63) is 88.6 Å². The summed E-state index contributed by atoms with van der Waals surface area (Å²) in [7, 11) is 1.95. The largest absolute Gasteiger partial charge is 0.504 e. The highest BCUT2D eigenvalue weighted by atomic mass is 16.6. The number of nitrogens with one attached hydrogen (secondary N) is 1. The van der Waals surface area contributed by atoms with Crippen molar-refractivity contribution in [2.75, 3.05) is 26.1 Å². The number of allylic oxidation sites excluding steroid dienone is 1. The number of aromatic hydroxyl groups is 1. The molecule has 1 atom stereocenters. The average Bonchev–Trinajstić information content (AvgIpc) is 2.98. The van der Waals surface area contributed by atoms with Crippen LogP contribution in [0.15, 0.2) is 60.8 Å². The van der Waals surface area contributed by atoms with E-state index in [2.05, 4.69) is 29.4 Å². The van der Waals surface area contributed by atoms with Gasteiger partial charge in [0, 0.05) is 12.6 Å². The van der Waals surface area contributed by atoms with Gasteiger partial charge in [0.2, 0.25) is 0 Å². The fourth-order valence-corrected chi connectivity index (χ4v) is 5.15. The van der Waals surface area contributed by atoms with Gasteiger partial charge in [0.05, 0.1) is 6.42 Å². The number of nitrogens with two attached hydrogens (primary N) is 1. The van der Waals surface area contributed by atoms with Crippen LogP contribution in [0.4, 0.5) is 5.82 Å². The van der Waals surface area contributed by atoms with E-state index in [4.69, 9.17) is 10.5 Å². The number of ether oxygens (including phenoxy) is 1. The summed E-state index contributed by atoms with van der Waals surface area (Å²) in [6.07, 6.45) is 11.0. The molecule has 1 heterocycles. The Morgan fingerprint density at radius 3 is 2.58 bits per heavy atom. The van der Waals surface area contributed by atoms with E-state index >= 15 is 0 Å². The second kappa shape index (κ2) is 17.8. The number of nitrogen functional groups attached to an aromatic ring is 1. The van der Waals surface area contributed by atoms with Crippen LogP contribution in [0, 0.1) is 5.92 Å². The molecule has 0 radical (unpaired) electrons. The van der Waals surface area contributed by atoms with Gasteiger partial charge in [-0.25, -0.2) is 4.98 Å². The van der Waals surface area contributed by atoms with Crippen molar-refractivity contribution in [2.45, 2.75) is 64.7 Å². The molecular formula is C35H45N3O5. The number of phenols is 1. The molecule has 0 fully saturated rings. The molecule has 2 aromatic carbocycles. The number of aromatic nitrogens is 1. The molecule has 0 unspecified atom stereocenters. The predicted molar refractivity (Wildman–Crippen MR) is 171 cm³/mol. The van der Waals surface area contributed by atoms with E-state index in [1.54, 1.807) is 24.4 Å². The lowest BCUT2D eigenvalue weighted by Crippen LogP contribution is -2.15. The van der Waals surface area contributed by atoms with Crippen molar-refractivity contribution in [3.8, 4) is 11.5 Å². The number of hydrogen-bond donors (Lipinski definition) is 4. The van der Waals surface area contributed by atoms with Gasteiger partial charge >= 0.3 is 0 Å². The van der Waals surface area contributed by atoms with Crippen LogP contribution < -0.4 is 15.8 Å². The minimum atomic E-state index is -0.608. The van der Waals surface area contributed by atoms with Crippen molar-refractivity contribution < 1.29 is 24.5 Å². The SMILES string of the molecule is CNC[C@H](C)CCCCCC(=O)CC(=O)/C=C/c1cc(OCO)c(O)cc1Cc1cnc(N)cc1CCc1ccccc1. The van der Waals surface area contributed by atoms with Gasteiger partial charge < -0.3 is 26.0 Å². The highest BCUT2D eigenvalue weighted by Gasteiger charge is 2.14. The molecule has 0 saturated heterocycles. The average molecular weight is 588 g/mol. The van der Waals surface area contributed by atoms with E-state index in [0.717, 1.165) is 61.8 Å². The van der Waals surface area contributed by atoms with E-state index in [0.29, 0.717) is 30.1 Å². The van der Waals surface area contributed by atoms with Gasteiger partial charge in [0.25, 0.3) is 0 Å². The second-order valence-corrected chi connectivity index (χ2v) is 11.1. The molecule has 8 heteroatoms. The zero-order chi connectivity index (χ0) is 31.0. The van der Waals surface area contributed by atoms with Crippen LogP contribution in [-0.2, 0) is 28.9 Å². The Labute approximate surface area is 255 Å². The van der Waals surface area contributed by atoms with E-state index < -0.39 is 6.79 Å². The first-order valence-corrected chi connectivity index (χ1v) is 15.0. The minimum Gasteiger partial charge on any atom is -0.504 e. The minimum absolute atomic E-state index is 0.0656. The van der Waals surface area contributed by atoms with E-state index in [1.165, 1.54) is 11.6 Å². The Hall–Kier alpha value is -4.01. The molecule has 230 valence electrons. The van der Waals surface area contributed by atoms with Crippen molar-refractivity contribution in [1.29, 1.82) is 0 Å². The topological polar surface area (TPSA) is 135 Å². The highest BCUT2D eigenvalue weighted by Crippen LogP contribution is 2.32. The number of ketones is 2. The van der Waals surface area contributed by atoms with Gasteiger partial charge in [-0.1, -0.05) is 56.2 Å². The van der Waals surface area contributed by atoms with Gasteiger partial charge in [0.15, 0.2) is 24.1 Å². The summed E-state index contributed by atoms with van der Waals surface area (Å²) in [4.78, 5) is 29.4. The number of aliphatic hydroxyl groups excluding tert-OH is 1. The molecule has 0 aliphatic rings. The third kappa shape index (κ3) is 11.7. The number of pyridine rings is 1. The lowest BCUT2D eigenvalue weighted by molar-refractivity contribution is -0.124.